The first kappa shape index (κ1) is 10.5. The van der Waals surface area contributed by atoms with Gasteiger partial charge in [0.25, 0.3) is 0 Å². The molecule has 0 heterocycles. The van der Waals surface area contributed by atoms with Crippen LogP contribution in [0.4, 0.5) is 0 Å². The highest BCUT2D eigenvalue weighted by Gasteiger charge is 1.96. The van der Waals surface area contributed by atoms with E-state index in [4.69, 9.17) is 16.2 Å². The third-order valence-electron chi connectivity index (χ3n) is 1.35. The van der Waals surface area contributed by atoms with Crippen molar-refractivity contribution in [2.45, 2.75) is 32.9 Å². The van der Waals surface area contributed by atoms with Gasteiger partial charge in [0, 0.05) is 12.1 Å². The molecule has 0 amide bonds. The van der Waals surface area contributed by atoms with Gasteiger partial charge in [0.2, 0.25) is 0 Å². The summed E-state index contributed by atoms with van der Waals surface area (Å²) in [5, 5.41) is 0. The van der Waals surface area contributed by atoms with Crippen molar-refractivity contribution in [2.75, 3.05) is 6.61 Å². The van der Waals surface area contributed by atoms with Gasteiger partial charge in [-0.05, 0) is 26.3 Å². The van der Waals surface area contributed by atoms with Gasteiger partial charge in [-0.1, -0.05) is 0 Å². The zero-order valence-electron chi connectivity index (χ0n) is 7.50. The Bertz CT molecular complexity index is 130. The summed E-state index contributed by atoms with van der Waals surface area (Å²) in [4.78, 5) is 0. The monoisotopic (exact) mass is 158 g/mol. The van der Waals surface area contributed by atoms with Crippen LogP contribution in [0.5, 0.6) is 0 Å². The van der Waals surface area contributed by atoms with E-state index >= 15 is 0 Å². The lowest BCUT2D eigenvalue weighted by Gasteiger charge is -2.07. The molecule has 0 aromatic heterocycles. The normalized spacial score (nSPS) is 17.7. The van der Waals surface area contributed by atoms with Crippen molar-refractivity contribution in [3.05, 3.63) is 11.8 Å². The molecule has 66 valence electrons. The maximum atomic E-state index is 5.57. The Hall–Kier alpha value is -0.540. The van der Waals surface area contributed by atoms with E-state index in [1.165, 1.54) is 0 Å². The molecule has 0 rings (SSSR count). The molecule has 0 bridgehead atoms. The number of ether oxygens (including phenoxy) is 1. The molecule has 4 N–H and O–H groups in total. The summed E-state index contributed by atoms with van der Waals surface area (Å²) in [5.41, 5.74) is 12.1. The van der Waals surface area contributed by atoms with E-state index in [-0.39, 0.29) is 12.1 Å². The van der Waals surface area contributed by atoms with E-state index in [1.807, 2.05) is 20.8 Å². The van der Waals surface area contributed by atoms with Gasteiger partial charge in [0.05, 0.1) is 6.26 Å². The summed E-state index contributed by atoms with van der Waals surface area (Å²) in [6.45, 7) is 6.30. The van der Waals surface area contributed by atoms with Crippen molar-refractivity contribution in [3.63, 3.8) is 0 Å². The second-order valence-electron chi connectivity index (χ2n) is 2.96. The highest BCUT2D eigenvalue weighted by molar-refractivity contribution is 5.00. The fourth-order valence-corrected chi connectivity index (χ4v) is 0.439. The highest BCUT2D eigenvalue weighted by Crippen LogP contribution is 1.97. The Morgan fingerprint density at radius 3 is 2.36 bits per heavy atom. The Kier molecular flexibility index (Phi) is 4.90. The summed E-state index contributed by atoms with van der Waals surface area (Å²) in [7, 11) is 0. The second-order valence-corrected chi connectivity index (χ2v) is 2.96. The molecule has 0 spiro atoms. The van der Waals surface area contributed by atoms with E-state index in [2.05, 4.69) is 0 Å². The van der Waals surface area contributed by atoms with Crippen LogP contribution in [-0.4, -0.2) is 18.7 Å². The van der Waals surface area contributed by atoms with Crippen LogP contribution in [-0.2, 0) is 4.74 Å². The molecular formula is C8H18N2O. The first-order valence-electron chi connectivity index (χ1n) is 3.83. The van der Waals surface area contributed by atoms with Gasteiger partial charge in [0.1, 0.15) is 6.61 Å². The van der Waals surface area contributed by atoms with Crippen molar-refractivity contribution in [2.24, 2.45) is 11.5 Å². The molecule has 0 aliphatic carbocycles. The average molecular weight is 158 g/mol. The van der Waals surface area contributed by atoms with Gasteiger partial charge in [-0.3, -0.25) is 0 Å². The molecule has 3 nitrogen and oxygen atoms in total. The van der Waals surface area contributed by atoms with Crippen LogP contribution in [0.3, 0.4) is 0 Å². The van der Waals surface area contributed by atoms with Gasteiger partial charge >= 0.3 is 0 Å². The molecule has 2 atom stereocenters. The predicted molar refractivity (Wildman–Crippen MR) is 47.0 cm³/mol. The van der Waals surface area contributed by atoms with Crippen molar-refractivity contribution >= 4 is 0 Å². The Labute approximate surface area is 68.4 Å². The lowest BCUT2D eigenvalue weighted by Crippen LogP contribution is -2.21. The molecule has 0 saturated carbocycles. The quantitative estimate of drug-likeness (QED) is 0.589. The van der Waals surface area contributed by atoms with E-state index in [1.54, 1.807) is 6.26 Å². The van der Waals surface area contributed by atoms with Crippen LogP contribution in [0, 0.1) is 0 Å². The van der Waals surface area contributed by atoms with E-state index in [9.17, 15) is 0 Å². The summed E-state index contributed by atoms with van der Waals surface area (Å²) in [6.07, 6.45) is 1.67. The molecular weight excluding hydrogens is 140 g/mol. The van der Waals surface area contributed by atoms with Crippen LogP contribution in [0.25, 0.3) is 0 Å². The molecule has 3 heteroatoms. The topological polar surface area (TPSA) is 61.3 Å². The summed E-state index contributed by atoms with van der Waals surface area (Å²) >= 11 is 0. The first-order chi connectivity index (χ1) is 5.04. The van der Waals surface area contributed by atoms with Crippen molar-refractivity contribution < 1.29 is 4.74 Å². The first-order valence-corrected chi connectivity index (χ1v) is 3.83. The van der Waals surface area contributed by atoms with Crippen molar-refractivity contribution in [1.82, 2.24) is 0 Å². The van der Waals surface area contributed by atoms with Gasteiger partial charge < -0.3 is 16.2 Å². The Morgan fingerprint density at radius 2 is 2.00 bits per heavy atom. The molecule has 0 fully saturated rings. The number of hydrogen-bond donors (Lipinski definition) is 2. The van der Waals surface area contributed by atoms with Crippen LogP contribution >= 0.6 is 0 Å². The minimum absolute atomic E-state index is 0.0584. The predicted octanol–water partition coefficient (Wildman–Crippen LogP) is 0.601. The van der Waals surface area contributed by atoms with E-state index in [0.29, 0.717) is 6.61 Å². The summed E-state index contributed by atoms with van der Waals surface area (Å²) in [6, 6.07) is 0.134. The fourth-order valence-electron chi connectivity index (χ4n) is 0.439. The molecule has 0 aromatic rings. The minimum Gasteiger partial charge on any atom is -0.500 e. The molecule has 2 unspecified atom stereocenters. The third kappa shape index (κ3) is 5.88. The third-order valence-corrected chi connectivity index (χ3v) is 1.35. The molecule has 0 aromatic carbocycles. The highest BCUT2D eigenvalue weighted by atomic mass is 16.5. The van der Waals surface area contributed by atoms with Crippen LogP contribution in [0.2, 0.25) is 0 Å². The lowest BCUT2D eigenvalue weighted by molar-refractivity contribution is 0.229. The van der Waals surface area contributed by atoms with Crippen LogP contribution < -0.4 is 11.5 Å². The summed E-state index contributed by atoms with van der Waals surface area (Å²) < 4.78 is 5.15. The van der Waals surface area contributed by atoms with Gasteiger partial charge in [-0.25, -0.2) is 0 Å². The zero-order chi connectivity index (χ0) is 8.85. The zero-order valence-corrected chi connectivity index (χ0v) is 7.50. The largest absolute Gasteiger partial charge is 0.500 e. The smallest absolute Gasteiger partial charge is 0.102 e. The van der Waals surface area contributed by atoms with E-state index in [0.717, 1.165) is 5.57 Å². The number of rotatable bonds is 4. The maximum Gasteiger partial charge on any atom is 0.102 e. The van der Waals surface area contributed by atoms with Gasteiger partial charge in [0.15, 0.2) is 0 Å². The molecule has 11 heavy (non-hydrogen) atoms. The van der Waals surface area contributed by atoms with E-state index < -0.39 is 0 Å². The second kappa shape index (κ2) is 5.16. The fraction of sp³-hybridized carbons (Fsp3) is 0.750. The molecule has 0 radical (unpaired) electrons. The Balaban J connectivity index is 3.57. The van der Waals surface area contributed by atoms with Crippen LogP contribution in [0.1, 0.15) is 20.8 Å². The average Bonchev–Trinajstić information content (AvgIpc) is 1.86. The van der Waals surface area contributed by atoms with Crippen LogP contribution in [0.15, 0.2) is 11.8 Å². The van der Waals surface area contributed by atoms with Crippen molar-refractivity contribution in [3.8, 4) is 0 Å². The lowest BCUT2D eigenvalue weighted by atomic mass is 10.2. The maximum absolute atomic E-state index is 5.57. The number of nitrogens with two attached hydrogens (primary N) is 2. The van der Waals surface area contributed by atoms with Gasteiger partial charge in [-0.2, -0.15) is 0 Å². The Morgan fingerprint density at radius 1 is 1.45 bits per heavy atom. The molecule has 0 saturated heterocycles. The van der Waals surface area contributed by atoms with Crippen molar-refractivity contribution in [1.29, 1.82) is 0 Å². The molecule has 0 aliphatic rings. The van der Waals surface area contributed by atoms with Gasteiger partial charge in [-0.15, -0.1) is 0 Å². The minimum atomic E-state index is 0.0584. The SMILES string of the molecule is C/C(=C\OCC(C)N)C(C)N. The summed E-state index contributed by atoms with van der Waals surface area (Å²) in [5.74, 6) is 0. The number of hydrogen-bond acceptors (Lipinski definition) is 3. The standard InChI is InChI=1S/C8H18N2O/c1-6(8(3)10)4-11-5-7(2)9/h4,7-8H,5,9-10H2,1-3H3/b6-4+. The molecule has 0 aliphatic heterocycles.